The summed E-state index contributed by atoms with van der Waals surface area (Å²) in [6.45, 7) is 4.75. The zero-order valence-electron chi connectivity index (χ0n) is 24.5. The van der Waals surface area contributed by atoms with Crippen LogP contribution in [0.25, 0.3) is 0 Å². The van der Waals surface area contributed by atoms with Gasteiger partial charge in [0.15, 0.2) is 23.3 Å². The highest BCUT2D eigenvalue weighted by atomic mass is 32.2. The van der Waals surface area contributed by atoms with Crippen molar-refractivity contribution in [2.24, 2.45) is 0 Å². The molecule has 14 heteroatoms. The van der Waals surface area contributed by atoms with Gasteiger partial charge in [0, 0.05) is 18.7 Å². The molecule has 0 radical (unpaired) electrons. The van der Waals surface area contributed by atoms with Crippen molar-refractivity contribution in [3.05, 3.63) is 130 Å². The van der Waals surface area contributed by atoms with Gasteiger partial charge in [-0.3, -0.25) is 4.98 Å². The lowest BCUT2D eigenvalue weighted by Gasteiger charge is -2.37. The van der Waals surface area contributed by atoms with Gasteiger partial charge in [0.05, 0.1) is 21.4 Å². The monoisotopic (exact) mass is 674 g/mol. The van der Waals surface area contributed by atoms with E-state index in [-0.39, 0.29) is 23.2 Å². The van der Waals surface area contributed by atoms with Gasteiger partial charge >= 0.3 is 12.5 Å². The van der Waals surface area contributed by atoms with E-state index in [0.717, 1.165) is 36.4 Å². The topological polar surface area (TPSA) is 51.2 Å². The Morgan fingerprint density at radius 2 is 1.37 bits per heavy atom. The third kappa shape index (κ3) is 8.08. The van der Waals surface area contributed by atoms with Crippen LogP contribution in [0.5, 0.6) is 5.75 Å². The molecule has 0 spiro atoms. The number of rotatable bonds is 11. The van der Waals surface area contributed by atoms with Crippen molar-refractivity contribution in [3.8, 4) is 5.75 Å². The van der Waals surface area contributed by atoms with Crippen LogP contribution in [-0.4, -0.2) is 26.5 Å². The molecular formula is C32H27F9N2O2S. The maximum absolute atomic E-state index is 15.0. The molecule has 4 rings (SSSR count). The number of aromatic nitrogens is 1. The number of hydrogen-bond donors (Lipinski definition) is 1. The minimum absolute atomic E-state index is 0.0268. The lowest BCUT2D eigenvalue weighted by Crippen LogP contribution is -2.51. The van der Waals surface area contributed by atoms with Gasteiger partial charge in [0.1, 0.15) is 17.1 Å². The Morgan fingerprint density at radius 1 is 0.783 bits per heavy atom. The maximum atomic E-state index is 15.0. The number of benzene rings is 3. The molecular weight excluding hydrogens is 647 g/mol. The van der Waals surface area contributed by atoms with Gasteiger partial charge in [-0.1, -0.05) is 18.2 Å². The smallest absolute Gasteiger partial charge is 0.428 e. The first-order valence-corrected chi connectivity index (χ1v) is 14.7. The summed E-state index contributed by atoms with van der Waals surface area (Å²) < 4.78 is 144. The van der Waals surface area contributed by atoms with E-state index >= 15 is 4.39 Å². The number of alkyl halides is 4. The highest BCUT2D eigenvalue weighted by molar-refractivity contribution is 7.84. The minimum Gasteiger partial charge on any atom is -0.428 e. The standard InChI is InChI=1S/C32H27F9N2O2S/c1-30(2,3)46(44)43-31(16-19-5-8-25(35)27(37)12-19,21-13-22(33)15-23(14-21)45-32(40,41)29(38)39)28-9-6-20(17-42-28)10-18-4-7-24(34)26(36)11-18/h4-9,11-15,17,29,43H,10,16H2,1-3H3/t31?,46-/m0/s1. The lowest BCUT2D eigenvalue weighted by atomic mass is 9.81. The summed E-state index contributed by atoms with van der Waals surface area (Å²) in [5.74, 6) is -6.75. The summed E-state index contributed by atoms with van der Waals surface area (Å²) in [6.07, 6.45) is -8.30. The third-order valence-electron chi connectivity index (χ3n) is 6.80. The van der Waals surface area contributed by atoms with Crippen LogP contribution >= 0.6 is 0 Å². The highest BCUT2D eigenvalue weighted by Crippen LogP contribution is 2.38. The van der Waals surface area contributed by atoms with Crippen LogP contribution in [-0.2, 0) is 29.4 Å². The Bertz CT molecular complexity index is 1730. The first kappa shape index (κ1) is 35.0. The SMILES string of the molecule is CC(C)(C)[S@](=O)NC(Cc1ccc(F)c(F)c1)(c1cc(F)cc(OC(F)(F)C(F)F)c1)c1ccc(Cc2ccc(F)c(F)c2)cn1. The van der Waals surface area contributed by atoms with Crippen LogP contribution in [0, 0.1) is 29.1 Å². The molecule has 0 aliphatic carbocycles. The molecule has 3 aromatic carbocycles. The Hall–Kier alpha value is -3.91. The van der Waals surface area contributed by atoms with Crippen molar-refractivity contribution in [2.75, 3.05) is 0 Å². The van der Waals surface area contributed by atoms with Gasteiger partial charge in [-0.05, 0) is 91.9 Å². The van der Waals surface area contributed by atoms with Gasteiger partial charge in [0.25, 0.3) is 0 Å². The van der Waals surface area contributed by atoms with E-state index in [2.05, 4.69) is 14.4 Å². The fourth-order valence-electron chi connectivity index (χ4n) is 4.49. The fraction of sp³-hybridized carbons (Fsp3) is 0.281. The zero-order chi connectivity index (χ0) is 34.0. The number of pyridine rings is 1. The normalized spacial score (nSPS) is 14.3. The third-order valence-corrected chi connectivity index (χ3v) is 8.45. The summed E-state index contributed by atoms with van der Waals surface area (Å²) in [7, 11) is -2.04. The molecule has 1 N–H and O–H groups in total. The first-order valence-electron chi connectivity index (χ1n) is 13.6. The molecule has 246 valence electrons. The quantitative estimate of drug-likeness (QED) is 0.164. The van der Waals surface area contributed by atoms with Crippen LogP contribution in [0.3, 0.4) is 0 Å². The average molecular weight is 675 g/mol. The van der Waals surface area contributed by atoms with Crippen molar-refractivity contribution in [2.45, 2.75) is 56.4 Å². The minimum atomic E-state index is -5.00. The molecule has 0 amide bonds. The zero-order valence-corrected chi connectivity index (χ0v) is 25.3. The predicted molar refractivity (Wildman–Crippen MR) is 153 cm³/mol. The second kappa shape index (κ2) is 13.4. The predicted octanol–water partition coefficient (Wildman–Crippen LogP) is 8.14. The van der Waals surface area contributed by atoms with E-state index in [0.29, 0.717) is 17.2 Å². The molecule has 1 heterocycles. The Kier molecular flexibility index (Phi) is 10.2. The molecule has 0 aliphatic heterocycles. The summed E-state index contributed by atoms with van der Waals surface area (Å²) >= 11 is 0. The molecule has 0 fully saturated rings. The van der Waals surface area contributed by atoms with Crippen LogP contribution in [0.15, 0.2) is 72.9 Å². The fourth-order valence-corrected chi connectivity index (χ4v) is 5.41. The summed E-state index contributed by atoms with van der Waals surface area (Å²) in [4.78, 5) is 4.43. The van der Waals surface area contributed by atoms with Crippen molar-refractivity contribution in [1.29, 1.82) is 0 Å². The van der Waals surface area contributed by atoms with Crippen molar-refractivity contribution in [1.82, 2.24) is 9.71 Å². The van der Waals surface area contributed by atoms with Crippen LogP contribution in [0.4, 0.5) is 39.5 Å². The van der Waals surface area contributed by atoms with Crippen molar-refractivity contribution in [3.63, 3.8) is 0 Å². The van der Waals surface area contributed by atoms with Crippen LogP contribution in [0.1, 0.15) is 48.7 Å². The van der Waals surface area contributed by atoms with Crippen molar-refractivity contribution >= 4 is 11.0 Å². The van der Waals surface area contributed by atoms with Gasteiger partial charge in [-0.25, -0.2) is 30.9 Å². The molecule has 4 nitrogen and oxygen atoms in total. The highest BCUT2D eigenvalue weighted by Gasteiger charge is 2.45. The molecule has 46 heavy (non-hydrogen) atoms. The van der Waals surface area contributed by atoms with Gasteiger partial charge < -0.3 is 4.74 Å². The Morgan fingerprint density at radius 3 is 1.91 bits per heavy atom. The summed E-state index contributed by atoms with van der Waals surface area (Å²) in [5, 5.41) is 0. The van der Waals surface area contributed by atoms with Gasteiger partial charge in [0.2, 0.25) is 0 Å². The molecule has 0 saturated carbocycles. The number of ether oxygens (including phenoxy) is 1. The number of halogens is 9. The van der Waals surface area contributed by atoms with Crippen LogP contribution < -0.4 is 9.46 Å². The summed E-state index contributed by atoms with van der Waals surface area (Å²) in [5.41, 5.74) is -1.34. The van der Waals surface area contributed by atoms with Gasteiger partial charge in [-0.15, -0.1) is 0 Å². The second-order valence-corrected chi connectivity index (χ2v) is 13.4. The van der Waals surface area contributed by atoms with E-state index in [4.69, 9.17) is 0 Å². The largest absolute Gasteiger partial charge is 0.461 e. The maximum Gasteiger partial charge on any atom is 0.461 e. The van der Waals surface area contributed by atoms with E-state index < -0.39 is 75.1 Å². The molecule has 1 aromatic heterocycles. The molecule has 2 atom stereocenters. The number of nitrogens with one attached hydrogen (secondary N) is 1. The average Bonchev–Trinajstić information content (AvgIpc) is 2.96. The molecule has 1 unspecified atom stereocenters. The number of hydrogen-bond acceptors (Lipinski definition) is 3. The molecule has 0 saturated heterocycles. The lowest BCUT2D eigenvalue weighted by molar-refractivity contribution is -0.253. The second-order valence-electron chi connectivity index (χ2n) is 11.4. The van der Waals surface area contributed by atoms with Gasteiger partial charge in [-0.2, -0.15) is 17.6 Å². The van der Waals surface area contributed by atoms with E-state index in [1.54, 1.807) is 20.8 Å². The number of nitrogens with zero attached hydrogens (tertiary/aromatic N) is 1. The summed E-state index contributed by atoms with van der Waals surface area (Å²) in [6, 6.07) is 11.1. The van der Waals surface area contributed by atoms with Crippen LogP contribution in [0.2, 0.25) is 0 Å². The first-order chi connectivity index (χ1) is 21.4. The van der Waals surface area contributed by atoms with Crippen molar-refractivity contribution < 1.29 is 48.5 Å². The Labute approximate surface area is 261 Å². The molecule has 4 aromatic rings. The Balaban J connectivity index is 1.93. The van der Waals surface area contributed by atoms with E-state index in [9.17, 15) is 39.3 Å². The van der Waals surface area contributed by atoms with E-state index in [1.807, 2.05) is 0 Å². The molecule has 0 aliphatic rings. The molecule has 0 bridgehead atoms. The van der Waals surface area contributed by atoms with E-state index in [1.165, 1.54) is 30.5 Å².